The van der Waals surface area contributed by atoms with Crippen molar-refractivity contribution in [3.63, 3.8) is 0 Å². The van der Waals surface area contributed by atoms with Crippen molar-refractivity contribution in [1.82, 2.24) is 14.9 Å². The molecule has 0 bridgehead atoms. The van der Waals surface area contributed by atoms with Crippen LogP contribution in [0.15, 0.2) is 23.5 Å². The number of halogens is 2. The molecule has 1 unspecified atom stereocenters. The molecule has 2 aromatic heterocycles. The van der Waals surface area contributed by atoms with E-state index in [4.69, 9.17) is 4.74 Å². The number of alkyl halides is 2. The summed E-state index contributed by atoms with van der Waals surface area (Å²) < 4.78 is 31.9. The minimum Gasteiger partial charge on any atom is -0.494 e. The fraction of sp³-hybridized carbons (Fsp3) is 0.364. The molecule has 164 valence electrons. The van der Waals surface area contributed by atoms with E-state index in [9.17, 15) is 13.6 Å². The first kappa shape index (κ1) is 19.5. The van der Waals surface area contributed by atoms with Gasteiger partial charge in [0.2, 0.25) is 5.91 Å². The summed E-state index contributed by atoms with van der Waals surface area (Å²) in [7, 11) is 1.61. The van der Waals surface area contributed by atoms with Crippen LogP contribution in [0.4, 0.5) is 20.3 Å². The van der Waals surface area contributed by atoms with Gasteiger partial charge in [0.25, 0.3) is 5.92 Å². The van der Waals surface area contributed by atoms with Crippen molar-refractivity contribution in [2.75, 3.05) is 25.5 Å². The third-order valence-corrected chi connectivity index (χ3v) is 7.46. The Morgan fingerprint density at radius 1 is 1.31 bits per heavy atom. The van der Waals surface area contributed by atoms with Crippen LogP contribution < -0.4 is 20.6 Å². The van der Waals surface area contributed by atoms with Crippen LogP contribution in [0.2, 0.25) is 0 Å². The third-order valence-electron chi connectivity index (χ3n) is 6.30. The summed E-state index contributed by atoms with van der Waals surface area (Å²) in [6.45, 7) is -0.928. The van der Waals surface area contributed by atoms with E-state index in [0.29, 0.717) is 30.8 Å². The van der Waals surface area contributed by atoms with Crippen molar-refractivity contribution in [3.8, 4) is 5.75 Å². The number of benzene rings is 1. The van der Waals surface area contributed by atoms with Gasteiger partial charge >= 0.3 is 0 Å². The van der Waals surface area contributed by atoms with Gasteiger partial charge in [-0.25, -0.2) is 18.7 Å². The first-order valence-electron chi connectivity index (χ1n) is 10.4. The average molecular weight is 455 g/mol. The van der Waals surface area contributed by atoms with Gasteiger partial charge in [0.1, 0.15) is 22.7 Å². The highest BCUT2D eigenvalue weighted by atomic mass is 32.1. The largest absolute Gasteiger partial charge is 0.494 e. The van der Waals surface area contributed by atoms with Crippen LogP contribution in [0.1, 0.15) is 16.9 Å². The van der Waals surface area contributed by atoms with E-state index in [0.717, 1.165) is 36.9 Å². The number of hydrogen-bond donors (Lipinski definition) is 1. The van der Waals surface area contributed by atoms with Gasteiger partial charge in [-0.15, -0.1) is 11.3 Å². The molecule has 3 aromatic rings. The number of nitrogens with one attached hydrogen (secondary N) is 1. The molecule has 2 aliphatic heterocycles. The number of carbonyl (C=O) groups excluding carboxylic acids is 1. The van der Waals surface area contributed by atoms with E-state index in [2.05, 4.69) is 20.3 Å². The van der Waals surface area contributed by atoms with Crippen molar-refractivity contribution < 1.29 is 18.3 Å². The molecule has 1 aliphatic carbocycles. The lowest BCUT2D eigenvalue weighted by atomic mass is 9.86. The van der Waals surface area contributed by atoms with Crippen LogP contribution in [0.3, 0.4) is 0 Å². The van der Waals surface area contributed by atoms with E-state index in [-0.39, 0.29) is 11.8 Å². The summed E-state index contributed by atoms with van der Waals surface area (Å²) in [6, 6.07) is 3.86. The molecule has 6 rings (SSSR count). The zero-order valence-corrected chi connectivity index (χ0v) is 18.0. The average Bonchev–Trinajstić information content (AvgIpc) is 3.12. The number of anilines is 2. The number of fused-ring (bicyclic) bond motifs is 4. The molecular formula is C22H19F2N5O2S. The number of hydrogen-bond acceptors (Lipinski definition) is 7. The second kappa shape index (κ2) is 6.93. The zero-order chi connectivity index (χ0) is 22.0. The predicted octanol–water partition coefficient (Wildman–Crippen LogP) is 2.40. The standard InChI is InChI=1S/C22H19F2N5O2S/c1-31-16-6-14-12(7-25-14)4-15(16)28-19-18-13-3-2-11(21(30)29-8-22(23,24)9-29)5-17(13)32-20(18)27-10-26-19/h4,6-7,10-11H,2-3,5,8-9H2,1H3,(H,26,27,28). The number of amides is 1. The Bertz CT molecular complexity index is 1400. The van der Waals surface area contributed by atoms with Crippen LogP contribution >= 0.6 is 11.3 Å². The molecule has 32 heavy (non-hydrogen) atoms. The Kier molecular flexibility index (Phi) is 4.23. The Labute approximate surface area is 185 Å². The van der Waals surface area contributed by atoms with Crippen molar-refractivity contribution >= 4 is 45.2 Å². The Morgan fingerprint density at radius 2 is 2.16 bits per heavy atom. The maximum Gasteiger partial charge on any atom is 0.282 e. The number of aryl methyl sites for hydroxylation is 1. The van der Waals surface area contributed by atoms with Gasteiger partial charge in [0, 0.05) is 28.3 Å². The molecule has 1 amide bonds. The molecule has 0 radical (unpaired) electrons. The van der Waals surface area contributed by atoms with Crippen molar-refractivity contribution in [2.24, 2.45) is 10.9 Å². The smallest absolute Gasteiger partial charge is 0.282 e. The lowest BCUT2D eigenvalue weighted by molar-refractivity contribution is -0.169. The Hall–Kier alpha value is -3.14. The van der Waals surface area contributed by atoms with Crippen molar-refractivity contribution in [2.45, 2.75) is 25.2 Å². The fourth-order valence-electron chi connectivity index (χ4n) is 4.61. The monoisotopic (exact) mass is 455 g/mol. The van der Waals surface area contributed by atoms with Gasteiger partial charge in [-0.05, 0) is 30.9 Å². The number of methoxy groups -OCH3 is 1. The molecule has 10 heteroatoms. The summed E-state index contributed by atoms with van der Waals surface area (Å²) >= 11 is 1.55. The lowest BCUT2D eigenvalue weighted by Crippen LogP contribution is -2.60. The van der Waals surface area contributed by atoms with E-state index in [1.54, 1.807) is 24.6 Å². The number of carbonyl (C=O) groups is 1. The molecular weight excluding hydrogens is 436 g/mol. The van der Waals surface area contributed by atoms with Gasteiger partial charge in [-0.3, -0.25) is 9.79 Å². The van der Waals surface area contributed by atoms with Crippen molar-refractivity contribution in [1.29, 1.82) is 0 Å². The summed E-state index contributed by atoms with van der Waals surface area (Å²) in [5.74, 6) is -1.81. The second-order valence-electron chi connectivity index (χ2n) is 8.39. The third kappa shape index (κ3) is 3.04. The number of aromatic nitrogens is 2. The lowest BCUT2D eigenvalue weighted by Gasteiger charge is -2.41. The van der Waals surface area contributed by atoms with Crippen LogP contribution in [-0.4, -0.2) is 46.9 Å². The first-order chi connectivity index (χ1) is 15.4. The zero-order valence-electron chi connectivity index (χ0n) is 17.2. The highest BCUT2D eigenvalue weighted by molar-refractivity contribution is 7.19. The summed E-state index contributed by atoms with van der Waals surface area (Å²) in [5, 5.41) is 6.27. The molecule has 3 aliphatic rings. The molecule has 0 saturated carbocycles. The summed E-state index contributed by atoms with van der Waals surface area (Å²) in [4.78, 5) is 29.0. The molecule has 1 fully saturated rings. The minimum atomic E-state index is -2.74. The van der Waals surface area contributed by atoms with Crippen LogP contribution in [0, 0.1) is 5.92 Å². The number of rotatable bonds is 4. The molecule has 1 atom stereocenters. The van der Waals surface area contributed by atoms with Gasteiger partial charge in [0.05, 0.1) is 36.6 Å². The van der Waals surface area contributed by atoms with Gasteiger partial charge in [0.15, 0.2) is 0 Å². The molecule has 4 heterocycles. The van der Waals surface area contributed by atoms with Crippen LogP contribution in [0.25, 0.3) is 16.4 Å². The SMILES string of the molecule is COc1cc2c(cc1Nc1ncnc3sc4c(c13)CCC(C(=O)N1CC(F)(F)C1)C4)=CN=2. The number of nitrogens with zero attached hydrogens (tertiary/aromatic N) is 4. The maximum atomic E-state index is 13.2. The number of ether oxygens (including phenoxy) is 1. The fourth-order valence-corrected chi connectivity index (χ4v) is 5.88. The maximum absolute atomic E-state index is 13.2. The van der Waals surface area contributed by atoms with E-state index < -0.39 is 19.0 Å². The highest BCUT2D eigenvalue weighted by Crippen LogP contribution is 2.42. The van der Waals surface area contributed by atoms with Crippen LogP contribution in [0.5, 0.6) is 5.75 Å². The van der Waals surface area contributed by atoms with Crippen LogP contribution in [-0.2, 0) is 17.6 Å². The number of thiophene rings is 1. The molecule has 1 N–H and O–H groups in total. The molecule has 7 nitrogen and oxygen atoms in total. The van der Waals surface area contributed by atoms with E-state index in [1.807, 2.05) is 12.1 Å². The molecule has 0 spiro atoms. The predicted molar refractivity (Wildman–Crippen MR) is 116 cm³/mol. The minimum absolute atomic E-state index is 0.169. The highest BCUT2D eigenvalue weighted by Gasteiger charge is 2.48. The summed E-state index contributed by atoms with van der Waals surface area (Å²) in [5.41, 5.74) is 1.93. The number of likely N-dealkylation sites (tertiary alicyclic amines) is 1. The van der Waals surface area contributed by atoms with Crippen molar-refractivity contribution in [3.05, 3.63) is 39.5 Å². The Balaban J connectivity index is 1.31. The summed E-state index contributed by atoms with van der Waals surface area (Å²) in [6.07, 6.45) is 5.19. The van der Waals surface area contributed by atoms with E-state index in [1.165, 1.54) is 11.2 Å². The first-order valence-corrected chi connectivity index (χ1v) is 11.2. The normalized spacial score (nSPS) is 20.2. The van der Waals surface area contributed by atoms with Gasteiger partial charge < -0.3 is 15.0 Å². The van der Waals surface area contributed by atoms with E-state index >= 15 is 0 Å². The second-order valence-corrected chi connectivity index (χ2v) is 9.47. The quantitative estimate of drug-likeness (QED) is 0.654. The topological polar surface area (TPSA) is 79.7 Å². The Morgan fingerprint density at radius 3 is 2.88 bits per heavy atom. The molecule has 1 aromatic carbocycles. The van der Waals surface area contributed by atoms with Gasteiger partial charge in [-0.1, -0.05) is 0 Å². The molecule has 1 saturated heterocycles. The van der Waals surface area contributed by atoms with Gasteiger partial charge in [-0.2, -0.15) is 0 Å².